The molecule has 0 unspecified atom stereocenters. The minimum atomic E-state index is 1.05. The van der Waals surface area contributed by atoms with Crippen molar-refractivity contribution in [2.75, 3.05) is 0 Å². The minimum Gasteiger partial charge on any atom is -0.144 e. The molecule has 0 aliphatic heterocycles. The average molecular weight is 260 g/mol. The Bertz CT molecular complexity index is 696. The Balaban J connectivity index is 1.82. The smallest absolute Gasteiger partial charge is 0.0342 e. The van der Waals surface area contributed by atoms with Gasteiger partial charge < -0.3 is 0 Å². The maximum atomic E-state index is 3.19. The van der Waals surface area contributed by atoms with Crippen molar-refractivity contribution in [2.24, 2.45) is 0 Å². The van der Waals surface area contributed by atoms with E-state index in [-0.39, 0.29) is 0 Å². The fourth-order valence-electron chi connectivity index (χ4n) is 1.83. The molecule has 3 aromatic rings. The van der Waals surface area contributed by atoms with Gasteiger partial charge in [-0.1, -0.05) is 48.2 Å². The van der Waals surface area contributed by atoms with Crippen molar-refractivity contribution in [2.45, 2.75) is 0 Å². The quantitative estimate of drug-likeness (QED) is 0.550. The lowest BCUT2D eigenvalue weighted by molar-refractivity contribution is 1.62. The summed E-state index contributed by atoms with van der Waals surface area (Å²) in [6, 6.07) is 22.7. The molecule has 0 nitrogen and oxygen atoms in total. The van der Waals surface area contributed by atoms with Crippen LogP contribution in [0.1, 0.15) is 11.1 Å². The zero-order valence-electron chi connectivity index (χ0n) is 10.3. The largest absolute Gasteiger partial charge is 0.144 e. The van der Waals surface area contributed by atoms with E-state index in [0.29, 0.717) is 0 Å². The van der Waals surface area contributed by atoms with E-state index in [1.807, 2.05) is 30.3 Å². The molecular weight excluding hydrogens is 248 g/mol. The van der Waals surface area contributed by atoms with Crippen molar-refractivity contribution in [1.29, 1.82) is 0 Å². The second-order valence-electron chi connectivity index (χ2n) is 4.17. The highest BCUT2D eigenvalue weighted by molar-refractivity contribution is 7.13. The second-order valence-corrected chi connectivity index (χ2v) is 5.12. The summed E-state index contributed by atoms with van der Waals surface area (Å²) in [6.45, 7) is 0. The first kappa shape index (κ1) is 11.8. The van der Waals surface area contributed by atoms with Gasteiger partial charge in [0.1, 0.15) is 0 Å². The van der Waals surface area contributed by atoms with Crippen LogP contribution in [0.25, 0.3) is 10.4 Å². The lowest BCUT2D eigenvalue weighted by Crippen LogP contribution is -1.77. The van der Waals surface area contributed by atoms with Crippen LogP contribution in [0.5, 0.6) is 0 Å². The third-order valence-electron chi connectivity index (χ3n) is 2.82. The molecule has 0 radical (unpaired) electrons. The van der Waals surface area contributed by atoms with Crippen LogP contribution < -0.4 is 0 Å². The van der Waals surface area contributed by atoms with Gasteiger partial charge in [0.15, 0.2) is 0 Å². The molecule has 2 aromatic carbocycles. The Morgan fingerprint density at radius 3 is 1.95 bits per heavy atom. The topological polar surface area (TPSA) is 0 Å². The SMILES string of the molecule is C(#Cc1ccc(-c2cccs2)cc1)c1ccccc1. The lowest BCUT2D eigenvalue weighted by atomic mass is 10.1. The molecule has 90 valence electrons. The second kappa shape index (κ2) is 5.56. The minimum absolute atomic E-state index is 1.05. The van der Waals surface area contributed by atoms with E-state index >= 15 is 0 Å². The van der Waals surface area contributed by atoms with Crippen LogP contribution in [0, 0.1) is 11.8 Å². The van der Waals surface area contributed by atoms with E-state index in [0.717, 1.165) is 11.1 Å². The van der Waals surface area contributed by atoms with Crippen LogP contribution in [0.3, 0.4) is 0 Å². The maximum absolute atomic E-state index is 3.19. The van der Waals surface area contributed by atoms with Gasteiger partial charge in [0.2, 0.25) is 0 Å². The Hall–Kier alpha value is -2.30. The Morgan fingerprint density at radius 2 is 1.32 bits per heavy atom. The predicted molar refractivity (Wildman–Crippen MR) is 82.2 cm³/mol. The molecule has 0 aliphatic carbocycles. The molecule has 1 heterocycles. The molecular formula is C18H12S. The number of hydrogen-bond acceptors (Lipinski definition) is 1. The van der Waals surface area contributed by atoms with Crippen molar-refractivity contribution in [3.8, 4) is 22.3 Å². The summed E-state index contributed by atoms with van der Waals surface area (Å²) in [7, 11) is 0. The van der Waals surface area contributed by atoms with Gasteiger partial charge in [0.25, 0.3) is 0 Å². The Labute approximate surface area is 117 Å². The first-order valence-electron chi connectivity index (χ1n) is 6.13. The third kappa shape index (κ3) is 2.93. The normalized spacial score (nSPS) is 9.68. The van der Waals surface area contributed by atoms with Crippen LogP contribution >= 0.6 is 11.3 Å². The summed E-state index contributed by atoms with van der Waals surface area (Å²) in [5.74, 6) is 6.35. The van der Waals surface area contributed by atoms with E-state index in [9.17, 15) is 0 Å². The standard InChI is InChI=1S/C18H12S/c1-2-5-15(6-3-1)8-9-16-10-12-17(13-11-16)18-7-4-14-19-18/h1-7,10-14H. The fourth-order valence-corrected chi connectivity index (χ4v) is 2.56. The van der Waals surface area contributed by atoms with Crippen molar-refractivity contribution in [1.82, 2.24) is 0 Å². The zero-order chi connectivity index (χ0) is 12.9. The summed E-state index contributed by atoms with van der Waals surface area (Å²) in [4.78, 5) is 1.29. The van der Waals surface area contributed by atoms with E-state index in [1.54, 1.807) is 11.3 Å². The van der Waals surface area contributed by atoms with Gasteiger partial charge in [-0.2, -0.15) is 0 Å². The van der Waals surface area contributed by atoms with Gasteiger partial charge in [0.05, 0.1) is 0 Å². The molecule has 19 heavy (non-hydrogen) atoms. The molecule has 0 N–H and O–H groups in total. The van der Waals surface area contributed by atoms with Crippen LogP contribution in [0.4, 0.5) is 0 Å². The lowest BCUT2D eigenvalue weighted by Gasteiger charge is -1.97. The molecule has 0 atom stereocenters. The Kier molecular flexibility index (Phi) is 3.45. The van der Waals surface area contributed by atoms with Gasteiger partial charge in [-0.15, -0.1) is 11.3 Å². The molecule has 0 bridgehead atoms. The summed E-state index contributed by atoms with van der Waals surface area (Å²) in [5, 5.41) is 2.10. The van der Waals surface area contributed by atoms with Crippen LogP contribution in [-0.4, -0.2) is 0 Å². The van der Waals surface area contributed by atoms with Crippen molar-refractivity contribution in [3.05, 3.63) is 83.2 Å². The Morgan fingerprint density at radius 1 is 0.632 bits per heavy atom. The molecule has 1 heteroatoms. The molecule has 0 amide bonds. The highest BCUT2D eigenvalue weighted by atomic mass is 32.1. The summed E-state index contributed by atoms with van der Waals surface area (Å²) in [5.41, 5.74) is 3.34. The van der Waals surface area contributed by atoms with Gasteiger partial charge in [-0.25, -0.2) is 0 Å². The molecule has 3 rings (SSSR count). The summed E-state index contributed by atoms with van der Waals surface area (Å²) >= 11 is 1.76. The van der Waals surface area contributed by atoms with Crippen molar-refractivity contribution >= 4 is 11.3 Å². The van der Waals surface area contributed by atoms with E-state index in [1.165, 1.54) is 10.4 Å². The molecule has 0 saturated carbocycles. The fraction of sp³-hybridized carbons (Fsp3) is 0. The third-order valence-corrected chi connectivity index (χ3v) is 3.73. The summed E-state index contributed by atoms with van der Waals surface area (Å²) < 4.78 is 0. The molecule has 1 aromatic heterocycles. The van der Waals surface area contributed by atoms with Crippen LogP contribution in [-0.2, 0) is 0 Å². The molecule has 0 fully saturated rings. The zero-order valence-corrected chi connectivity index (χ0v) is 11.2. The van der Waals surface area contributed by atoms with Crippen molar-refractivity contribution < 1.29 is 0 Å². The first-order valence-corrected chi connectivity index (χ1v) is 7.01. The number of thiophene rings is 1. The van der Waals surface area contributed by atoms with E-state index < -0.39 is 0 Å². The van der Waals surface area contributed by atoms with Crippen molar-refractivity contribution in [3.63, 3.8) is 0 Å². The highest BCUT2D eigenvalue weighted by Crippen LogP contribution is 2.24. The van der Waals surface area contributed by atoms with Crippen LogP contribution in [0.2, 0.25) is 0 Å². The molecule has 0 aliphatic rings. The van der Waals surface area contributed by atoms with Gasteiger partial charge in [0, 0.05) is 16.0 Å². The van der Waals surface area contributed by atoms with Gasteiger partial charge in [-0.3, -0.25) is 0 Å². The number of benzene rings is 2. The maximum Gasteiger partial charge on any atom is 0.0342 e. The van der Waals surface area contributed by atoms with E-state index in [4.69, 9.17) is 0 Å². The average Bonchev–Trinajstić information content (AvgIpc) is 3.01. The van der Waals surface area contributed by atoms with Gasteiger partial charge in [-0.05, 0) is 41.3 Å². The molecule has 0 spiro atoms. The monoisotopic (exact) mass is 260 g/mol. The number of hydrogen-bond donors (Lipinski definition) is 0. The first-order chi connectivity index (χ1) is 9.42. The molecule has 0 saturated heterocycles. The highest BCUT2D eigenvalue weighted by Gasteiger charge is 1.97. The van der Waals surface area contributed by atoms with E-state index in [2.05, 4.69) is 53.6 Å². The van der Waals surface area contributed by atoms with Crippen LogP contribution in [0.15, 0.2) is 72.1 Å². The van der Waals surface area contributed by atoms with Gasteiger partial charge >= 0.3 is 0 Å². The summed E-state index contributed by atoms with van der Waals surface area (Å²) in [6.07, 6.45) is 0. The predicted octanol–water partition coefficient (Wildman–Crippen LogP) is 4.81. The number of rotatable bonds is 1.